The van der Waals surface area contributed by atoms with E-state index in [0.717, 1.165) is 18.8 Å². The van der Waals surface area contributed by atoms with Gasteiger partial charge in [-0.3, -0.25) is 19.8 Å². The maximum absolute atomic E-state index is 12.7. The highest BCUT2D eigenvalue weighted by Gasteiger charge is 2.31. The SMILES string of the molecule is COC(=O)c1ccc(N2CCN(C(C)C(=O)Nc3cccc([N+](=O)[O-])c3)C(C)C2)cc1. The topological polar surface area (TPSA) is 105 Å². The van der Waals surface area contributed by atoms with Crippen molar-refractivity contribution < 1.29 is 19.2 Å². The minimum absolute atomic E-state index is 0.0642. The Bertz CT molecular complexity index is 963. The highest BCUT2D eigenvalue weighted by Crippen LogP contribution is 2.23. The molecule has 1 amide bonds. The van der Waals surface area contributed by atoms with Gasteiger partial charge in [0.1, 0.15) is 0 Å². The molecule has 0 radical (unpaired) electrons. The average Bonchev–Trinajstić information content (AvgIpc) is 2.78. The minimum Gasteiger partial charge on any atom is -0.465 e. The van der Waals surface area contributed by atoms with Gasteiger partial charge in [-0.15, -0.1) is 0 Å². The zero-order valence-corrected chi connectivity index (χ0v) is 17.8. The Morgan fingerprint density at radius 3 is 2.52 bits per heavy atom. The third-order valence-corrected chi connectivity index (χ3v) is 5.53. The molecule has 1 aliphatic rings. The molecule has 1 fully saturated rings. The first-order chi connectivity index (χ1) is 14.8. The molecule has 0 saturated carbocycles. The van der Waals surface area contributed by atoms with Crippen LogP contribution in [-0.2, 0) is 9.53 Å². The van der Waals surface area contributed by atoms with Crippen molar-refractivity contribution in [2.45, 2.75) is 25.9 Å². The maximum Gasteiger partial charge on any atom is 0.337 e. The molecule has 31 heavy (non-hydrogen) atoms. The summed E-state index contributed by atoms with van der Waals surface area (Å²) in [5.74, 6) is -0.573. The number of esters is 1. The van der Waals surface area contributed by atoms with Crippen molar-refractivity contribution in [3.8, 4) is 0 Å². The van der Waals surface area contributed by atoms with Crippen LogP contribution in [0.3, 0.4) is 0 Å². The predicted molar refractivity (Wildman–Crippen MR) is 117 cm³/mol. The third kappa shape index (κ3) is 5.18. The number of amides is 1. The first kappa shape index (κ1) is 22.2. The molecule has 2 aromatic carbocycles. The van der Waals surface area contributed by atoms with Crippen molar-refractivity contribution in [3.63, 3.8) is 0 Å². The number of hydrogen-bond acceptors (Lipinski definition) is 7. The molecular weight excluding hydrogens is 400 g/mol. The Morgan fingerprint density at radius 1 is 1.19 bits per heavy atom. The van der Waals surface area contributed by atoms with E-state index in [1.807, 2.05) is 19.1 Å². The number of benzene rings is 2. The number of methoxy groups -OCH3 is 1. The summed E-state index contributed by atoms with van der Waals surface area (Å²) in [6.07, 6.45) is 0. The zero-order chi connectivity index (χ0) is 22.5. The second kappa shape index (κ2) is 9.57. The average molecular weight is 426 g/mol. The summed E-state index contributed by atoms with van der Waals surface area (Å²) < 4.78 is 4.73. The number of carbonyl (C=O) groups is 2. The molecule has 2 atom stereocenters. The van der Waals surface area contributed by atoms with Crippen molar-refractivity contribution >= 4 is 28.9 Å². The molecule has 164 valence electrons. The Labute approximate surface area is 180 Å². The zero-order valence-electron chi connectivity index (χ0n) is 17.8. The summed E-state index contributed by atoms with van der Waals surface area (Å²) in [6, 6.07) is 12.9. The summed E-state index contributed by atoms with van der Waals surface area (Å²) >= 11 is 0. The van der Waals surface area contributed by atoms with Crippen LogP contribution in [0, 0.1) is 10.1 Å². The molecule has 2 unspecified atom stereocenters. The van der Waals surface area contributed by atoms with Crippen LogP contribution >= 0.6 is 0 Å². The van der Waals surface area contributed by atoms with E-state index in [9.17, 15) is 19.7 Å². The molecule has 0 spiro atoms. The van der Waals surface area contributed by atoms with Crippen molar-refractivity contribution in [2.75, 3.05) is 37.0 Å². The van der Waals surface area contributed by atoms with E-state index in [0.29, 0.717) is 17.8 Å². The molecule has 0 aromatic heterocycles. The Morgan fingerprint density at radius 2 is 1.90 bits per heavy atom. The van der Waals surface area contributed by atoms with Crippen molar-refractivity contribution in [1.29, 1.82) is 0 Å². The monoisotopic (exact) mass is 426 g/mol. The van der Waals surface area contributed by atoms with Gasteiger partial charge in [-0.05, 0) is 44.2 Å². The molecule has 0 aliphatic carbocycles. The Balaban J connectivity index is 1.61. The number of piperazine rings is 1. The molecule has 1 aliphatic heterocycles. The summed E-state index contributed by atoms with van der Waals surface area (Å²) in [7, 11) is 1.35. The molecule has 1 N–H and O–H groups in total. The standard InChI is InChI=1S/C22H26N4O5/c1-15-14-24(19-9-7-17(8-10-19)22(28)31-3)11-12-25(15)16(2)21(27)23-18-5-4-6-20(13-18)26(29)30/h4-10,13,15-16H,11-12,14H2,1-3H3,(H,23,27). The van der Waals surface area contributed by atoms with Crippen LogP contribution in [0.15, 0.2) is 48.5 Å². The summed E-state index contributed by atoms with van der Waals surface area (Å²) in [6.45, 7) is 6.04. The number of nitro benzene ring substituents is 1. The maximum atomic E-state index is 12.7. The third-order valence-electron chi connectivity index (χ3n) is 5.53. The quantitative estimate of drug-likeness (QED) is 0.430. The van der Waals surface area contributed by atoms with Gasteiger partial charge in [-0.1, -0.05) is 6.07 Å². The number of nitro groups is 1. The summed E-state index contributed by atoms with van der Waals surface area (Å²) in [5.41, 5.74) is 1.85. The fourth-order valence-electron chi connectivity index (χ4n) is 3.80. The van der Waals surface area contributed by atoms with Gasteiger partial charge in [0, 0.05) is 49.2 Å². The largest absolute Gasteiger partial charge is 0.465 e. The van der Waals surface area contributed by atoms with E-state index in [1.54, 1.807) is 24.3 Å². The van der Waals surface area contributed by atoms with Crippen molar-refractivity contribution in [3.05, 3.63) is 64.2 Å². The molecular formula is C22H26N4O5. The summed E-state index contributed by atoms with van der Waals surface area (Å²) in [5, 5.41) is 13.7. The second-order valence-electron chi connectivity index (χ2n) is 7.54. The number of rotatable bonds is 6. The van der Waals surface area contributed by atoms with Crippen LogP contribution in [-0.4, -0.2) is 60.5 Å². The highest BCUT2D eigenvalue weighted by molar-refractivity contribution is 5.94. The fraction of sp³-hybridized carbons (Fsp3) is 0.364. The van der Waals surface area contributed by atoms with E-state index < -0.39 is 11.0 Å². The van der Waals surface area contributed by atoms with Gasteiger partial charge in [0.25, 0.3) is 5.69 Å². The van der Waals surface area contributed by atoms with Gasteiger partial charge in [-0.25, -0.2) is 4.79 Å². The van der Waals surface area contributed by atoms with Crippen molar-refractivity contribution in [1.82, 2.24) is 4.90 Å². The molecule has 3 rings (SSSR count). The normalized spacial score (nSPS) is 17.6. The van der Waals surface area contributed by atoms with Crippen LogP contribution in [0.25, 0.3) is 0 Å². The van der Waals surface area contributed by atoms with Gasteiger partial charge in [0.15, 0.2) is 0 Å². The lowest BCUT2D eigenvalue weighted by Gasteiger charge is -2.43. The number of ether oxygens (including phenoxy) is 1. The van der Waals surface area contributed by atoms with E-state index in [4.69, 9.17) is 4.74 Å². The lowest BCUT2D eigenvalue weighted by molar-refractivity contribution is -0.384. The van der Waals surface area contributed by atoms with Crippen LogP contribution < -0.4 is 10.2 Å². The number of carbonyl (C=O) groups excluding carboxylic acids is 2. The number of nitrogens with zero attached hydrogens (tertiary/aromatic N) is 3. The van der Waals surface area contributed by atoms with E-state index in [2.05, 4.69) is 22.0 Å². The Hall–Kier alpha value is -3.46. The first-order valence-corrected chi connectivity index (χ1v) is 10.0. The number of non-ortho nitro benzene ring substituents is 1. The van der Waals surface area contributed by atoms with E-state index >= 15 is 0 Å². The molecule has 1 saturated heterocycles. The molecule has 2 aromatic rings. The van der Waals surface area contributed by atoms with Crippen LogP contribution in [0.2, 0.25) is 0 Å². The number of nitrogens with one attached hydrogen (secondary N) is 1. The predicted octanol–water partition coefficient (Wildman–Crippen LogP) is 2.92. The molecule has 9 nitrogen and oxygen atoms in total. The fourth-order valence-corrected chi connectivity index (χ4v) is 3.80. The van der Waals surface area contributed by atoms with Crippen LogP contribution in [0.1, 0.15) is 24.2 Å². The van der Waals surface area contributed by atoms with Gasteiger partial charge >= 0.3 is 5.97 Å². The van der Waals surface area contributed by atoms with Crippen LogP contribution in [0.5, 0.6) is 0 Å². The van der Waals surface area contributed by atoms with Gasteiger partial charge in [-0.2, -0.15) is 0 Å². The van der Waals surface area contributed by atoms with Crippen molar-refractivity contribution in [2.24, 2.45) is 0 Å². The molecule has 9 heteroatoms. The minimum atomic E-state index is -0.488. The first-order valence-electron chi connectivity index (χ1n) is 10.0. The Kier molecular flexibility index (Phi) is 6.86. The van der Waals surface area contributed by atoms with Gasteiger partial charge in [0.2, 0.25) is 5.91 Å². The number of anilines is 2. The van der Waals surface area contributed by atoms with Crippen LogP contribution in [0.4, 0.5) is 17.1 Å². The number of hydrogen-bond donors (Lipinski definition) is 1. The molecule has 1 heterocycles. The lowest BCUT2D eigenvalue weighted by Crippen LogP contribution is -2.57. The van der Waals surface area contributed by atoms with Gasteiger partial charge in [0.05, 0.1) is 23.6 Å². The lowest BCUT2D eigenvalue weighted by atomic mass is 10.1. The highest BCUT2D eigenvalue weighted by atomic mass is 16.6. The van der Waals surface area contributed by atoms with Gasteiger partial charge < -0.3 is 15.0 Å². The second-order valence-corrected chi connectivity index (χ2v) is 7.54. The summed E-state index contributed by atoms with van der Waals surface area (Å²) in [4.78, 5) is 39.1. The van der Waals surface area contributed by atoms with E-state index in [-0.39, 0.29) is 23.6 Å². The molecule has 0 bridgehead atoms. The van der Waals surface area contributed by atoms with E-state index in [1.165, 1.54) is 19.2 Å². The smallest absolute Gasteiger partial charge is 0.337 e.